The minimum atomic E-state index is -0.844. The van der Waals surface area contributed by atoms with E-state index < -0.39 is 22.3 Å². The van der Waals surface area contributed by atoms with Gasteiger partial charge in [0.15, 0.2) is 0 Å². The molecule has 2 aliphatic rings. The molecule has 0 fully saturated rings. The van der Waals surface area contributed by atoms with E-state index in [1.165, 1.54) is 23.3 Å². The van der Waals surface area contributed by atoms with E-state index in [0.717, 1.165) is 0 Å². The summed E-state index contributed by atoms with van der Waals surface area (Å²) in [7, 11) is 0. The number of benzene rings is 2. The maximum atomic E-state index is 11.7. The molecule has 1 aromatic rings. The van der Waals surface area contributed by atoms with E-state index in [1.54, 1.807) is 20.8 Å². The second kappa shape index (κ2) is 7.89. The number of nitro groups is 1. The Morgan fingerprint density at radius 3 is 2.15 bits per heavy atom. The monoisotopic (exact) mass is 368 g/mol. The number of hydrogen-bond donors (Lipinski definition) is 2. The number of carbonyl (C=O) groups excluding carboxylic acids is 1. The van der Waals surface area contributed by atoms with Gasteiger partial charge in [-0.2, -0.15) is 0 Å². The third-order valence-electron chi connectivity index (χ3n) is 3.54. The number of nitrogens with one attached hydrogen (secondary N) is 1. The van der Waals surface area contributed by atoms with Crippen LogP contribution >= 0.6 is 0 Å². The van der Waals surface area contributed by atoms with Crippen LogP contribution in [0.2, 0.25) is 0 Å². The van der Waals surface area contributed by atoms with Crippen molar-refractivity contribution in [2.45, 2.75) is 33.0 Å². The molecule has 0 aliphatic heterocycles. The average Bonchev–Trinajstić information content (AvgIpc) is 2.55. The summed E-state index contributed by atoms with van der Waals surface area (Å²) in [5, 5.41) is 22.6. The van der Waals surface area contributed by atoms with Gasteiger partial charge < -0.3 is 9.84 Å². The van der Waals surface area contributed by atoms with Crippen LogP contribution in [0.15, 0.2) is 36.4 Å². The number of amides is 1. The van der Waals surface area contributed by atoms with Crippen molar-refractivity contribution < 1.29 is 19.6 Å². The Morgan fingerprint density at radius 1 is 1.26 bits per heavy atom. The molecule has 1 amide bonds. The van der Waals surface area contributed by atoms with Crippen molar-refractivity contribution in [2.75, 3.05) is 5.32 Å². The molecule has 2 aliphatic carbocycles. The van der Waals surface area contributed by atoms with Crippen LogP contribution in [0, 0.1) is 22.5 Å². The van der Waals surface area contributed by atoms with Gasteiger partial charge in [0.25, 0.3) is 0 Å². The Kier molecular flexibility index (Phi) is 5.83. The molecular formula is C20H20N2O5. The molecule has 0 unspecified atom stereocenters. The van der Waals surface area contributed by atoms with Crippen LogP contribution in [0.1, 0.15) is 31.9 Å². The first kappa shape index (κ1) is 19.9. The van der Waals surface area contributed by atoms with Gasteiger partial charge in [0.2, 0.25) is 0 Å². The topological polar surface area (TPSA) is 102 Å². The molecular weight excluding hydrogens is 348 g/mol. The molecule has 140 valence electrons. The first-order valence-corrected chi connectivity index (χ1v) is 8.14. The van der Waals surface area contributed by atoms with Gasteiger partial charge in [-0.3, -0.25) is 15.4 Å². The molecule has 27 heavy (non-hydrogen) atoms. The number of aliphatic hydroxyl groups excluding tert-OH is 1. The maximum Gasteiger partial charge on any atom is 0.412 e. The van der Waals surface area contributed by atoms with E-state index >= 15 is 0 Å². The van der Waals surface area contributed by atoms with Crippen LogP contribution in [0.3, 0.4) is 0 Å². The highest BCUT2D eigenvalue weighted by Gasteiger charge is 2.24. The smallest absolute Gasteiger partial charge is 0.412 e. The van der Waals surface area contributed by atoms with Crippen molar-refractivity contribution in [2.24, 2.45) is 0 Å². The van der Waals surface area contributed by atoms with Gasteiger partial charge in [-0.25, -0.2) is 4.79 Å². The zero-order chi connectivity index (χ0) is 20.2. The van der Waals surface area contributed by atoms with Gasteiger partial charge in [-0.1, -0.05) is 30.2 Å². The fourth-order valence-electron chi connectivity index (χ4n) is 2.26. The first-order chi connectivity index (χ1) is 12.6. The van der Waals surface area contributed by atoms with Crippen LogP contribution in [0.5, 0.6) is 0 Å². The third kappa shape index (κ3) is 5.06. The maximum absolute atomic E-state index is 11.7. The number of carbonyl (C=O) groups is 1. The predicted octanol–water partition coefficient (Wildman–Crippen LogP) is 4.08. The quantitative estimate of drug-likeness (QED) is 0.412. The first-order valence-electron chi connectivity index (χ1n) is 8.14. The molecule has 0 spiro atoms. The fourth-order valence-corrected chi connectivity index (χ4v) is 2.26. The Morgan fingerprint density at radius 2 is 1.81 bits per heavy atom. The zero-order valence-corrected chi connectivity index (χ0v) is 15.3. The van der Waals surface area contributed by atoms with Crippen molar-refractivity contribution in [3.63, 3.8) is 0 Å². The molecule has 0 aromatic heterocycles. The van der Waals surface area contributed by atoms with Gasteiger partial charge in [0.1, 0.15) is 16.9 Å². The third-order valence-corrected chi connectivity index (χ3v) is 3.54. The van der Waals surface area contributed by atoms with Crippen LogP contribution in [-0.2, 0) is 11.3 Å². The normalized spacial score (nSPS) is 10.8. The lowest BCUT2D eigenvalue weighted by Gasteiger charge is -2.19. The highest BCUT2D eigenvalue weighted by molar-refractivity contribution is 5.89. The van der Waals surface area contributed by atoms with E-state index in [-0.39, 0.29) is 17.9 Å². The molecule has 1 aromatic carbocycles. The molecule has 0 heterocycles. The number of terminal acetylenes is 1. The summed E-state index contributed by atoms with van der Waals surface area (Å²) in [6, 6.07) is 11.1. The molecule has 0 atom stereocenters. The van der Waals surface area contributed by atoms with Crippen LogP contribution < -0.4 is 5.32 Å². The number of fused-ring (bicyclic) bond motifs is 1. The minimum absolute atomic E-state index is 0.0300. The van der Waals surface area contributed by atoms with Crippen molar-refractivity contribution in [3.8, 4) is 23.5 Å². The van der Waals surface area contributed by atoms with Gasteiger partial charge in [-0.05, 0) is 49.6 Å². The number of rotatable bonds is 3. The lowest BCUT2D eigenvalue weighted by molar-refractivity contribution is -0.384. The minimum Gasteiger partial charge on any atom is -0.444 e. The number of ether oxygens (including phenoxy) is 1. The highest BCUT2D eigenvalue weighted by Crippen LogP contribution is 2.31. The van der Waals surface area contributed by atoms with Crippen molar-refractivity contribution in [1.29, 1.82) is 0 Å². The van der Waals surface area contributed by atoms with Crippen molar-refractivity contribution >= 4 is 17.5 Å². The summed E-state index contributed by atoms with van der Waals surface area (Å²) >= 11 is 0. The molecule has 7 heteroatoms. The summed E-state index contributed by atoms with van der Waals surface area (Å²) in [4.78, 5) is 22.2. The molecule has 0 radical (unpaired) electrons. The molecule has 0 bridgehead atoms. The Hall–Kier alpha value is -3.37. The number of anilines is 1. The Labute approximate surface area is 157 Å². The molecule has 2 N–H and O–H groups in total. The highest BCUT2D eigenvalue weighted by atomic mass is 16.6. The van der Waals surface area contributed by atoms with E-state index in [2.05, 4.69) is 35.5 Å². The summed E-state index contributed by atoms with van der Waals surface area (Å²) < 4.78 is 5.04. The average molecular weight is 368 g/mol. The van der Waals surface area contributed by atoms with E-state index in [1.807, 2.05) is 0 Å². The SMILES string of the molecule is C#Cc1cc(CO)cc(NC(=O)OC(C)(C)C)c1[N+](=O)[O-].c1cc2ccc1-2. The summed E-state index contributed by atoms with van der Waals surface area (Å²) in [6.45, 7) is 4.63. The van der Waals surface area contributed by atoms with E-state index in [9.17, 15) is 14.9 Å². The Balaban J connectivity index is 0.000000358. The number of hydrogen-bond acceptors (Lipinski definition) is 5. The van der Waals surface area contributed by atoms with Crippen LogP contribution in [0.4, 0.5) is 16.2 Å². The van der Waals surface area contributed by atoms with Gasteiger partial charge in [-0.15, -0.1) is 6.42 Å². The number of nitrogens with zero attached hydrogens (tertiary/aromatic N) is 1. The molecule has 0 saturated carbocycles. The largest absolute Gasteiger partial charge is 0.444 e. The standard InChI is InChI=1S/C14H16N2O5.C6H4/c1-5-10-6-9(8-17)7-11(12(10)16(19)20)15-13(18)21-14(2,3)4;1-2-6-4-3-5(1)6/h1,6-7,17H,8H2,2-4H3,(H,15,18);1-4H. The number of nitro benzene ring substituents is 1. The number of aliphatic hydroxyl groups is 1. The van der Waals surface area contributed by atoms with Gasteiger partial charge >= 0.3 is 11.8 Å². The van der Waals surface area contributed by atoms with E-state index in [4.69, 9.17) is 16.3 Å². The summed E-state index contributed by atoms with van der Waals surface area (Å²) in [5.41, 5.74) is 1.89. The van der Waals surface area contributed by atoms with Crippen LogP contribution in [-0.4, -0.2) is 21.7 Å². The predicted molar refractivity (Wildman–Crippen MR) is 102 cm³/mol. The second-order valence-electron chi connectivity index (χ2n) is 6.80. The fraction of sp³-hybridized carbons (Fsp3) is 0.250. The summed E-state index contributed by atoms with van der Waals surface area (Å²) in [5.74, 6) is 2.17. The lowest BCUT2D eigenvalue weighted by Crippen LogP contribution is -2.27. The Bertz CT molecular complexity index is 885. The van der Waals surface area contributed by atoms with Gasteiger partial charge in [0, 0.05) is 0 Å². The van der Waals surface area contributed by atoms with Gasteiger partial charge in [0.05, 0.1) is 11.5 Å². The van der Waals surface area contributed by atoms with E-state index in [0.29, 0.717) is 5.56 Å². The zero-order valence-electron chi connectivity index (χ0n) is 15.3. The lowest BCUT2D eigenvalue weighted by atomic mass is 9.95. The molecule has 3 rings (SSSR count). The second-order valence-corrected chi connectivity index (χ2v) is 6.80. The van der Waals surface area contributed by atoms with Crippen molar-refractivity contribution in [3.05, 3.63) is 57.6 Å². The van der Waals surface area contributed by atoms with Crippen LogP contribution in [0.25, 0.3) is 11.1 Å². The summed E-state index contributed by atoms with van der Waals surface area (Å²) in [6.07, 6.45) is 4.39. The van der Waals surface area contributed by atoms with Crippen molar-refractivity contribution in [1.82, 2.24) is 0 Å². The molecule has 0 saturated heterocycles. The molecule has 7 nitrogen and oxygen atoms in total.